The predicted octanol–water partition coefficient (Wildman–Crippen LogP) is 3.61. The second-order valence-electron chi connectivity index (χ2n) is 10.3. The molecule has 1 saturated heterocycles. The molecule has 0 saturated carbocycles. The zero-order valence-electron chi connectivity index (χ0n) is 21.9. The molecule has 0 radical (unpaired) electrons. The highest BCUT2D eigenvalue weighted by Gasteiger charge is 2.44. The Kier molecular flexibility index (Phi) is 7.42. The molecule has 3 N–H and O–H groups in total. The number of nitrogens with zero attached hydrogens (tertiary/aromatic N) is 2. The molecule has 1 aliphatic heterocycles. The maximum Gasteiger partial charge on any atom is 0.246 e. The smallest absolute Gasteiger partial charge is 0.246 e. The van der Waals surface area contributed by atoms with Crippen LogP contribution in [0.3, 0.4) is 0 Å². The van der Waals surface area contributed by atoms with Crippen molar-refractivity contribution in [2.75, 3.05) is 26.1 Å². The van der Waals surface area contributed by atoms with Gasteiger partial charge in [0, 0.05) is 23.6 Å². The van der Waals surface area contributed by atoms with Crippen molar-refractivity contribution in [2.24, 2.45) is 11.1 Å². The van der Waals surface area contributed by atoms with E-state index in [4.69, 9.17) is 19.9 Å². The predicted molar refractivity (Wildman–Crippen MR) is 142 cm³/mol. The van der Waals surface area contributed by atoms with E-state index in [1.165, 1.54) is 12.0 Å². The third-order valence-electron chi connectivity index (χ3n) is 6.54. The maximum atomic E-state index is 13.8. The van der Waals surface area contributed by atoms with Gasteiger partial charge in [0.25, 0.3) is 0 Å². The van der Waals surface area contributed by atoms with Crippen molar-refractivity contribution in [1.29, 1.82) is 0 Å². The molecular formula is C28H34N4O5. The number of nitrogens with two attached hydrogens (primary N) is 1. The van der Waals surface area contributed by atoms with Crippen LogP contribution in [-0.4, -0.2) is 60.7 Å². The summed E-state index contributed by atoms with van der Waals surface area (Å²) in [6.45, 7) is 6.15. The molecule has 2 aromatic carbocycles. The minimum atomic E-state index is -0.795. The van der Waals surface area contributed by atoms with Crippen molar-refractivity contribution >= 4 is 28.3 Å². The first kappa shape index (κ1) is 26.1. The lowest BCUT2D eigenvalue weighted by molar-refractivity contribution is -0.139. The van der Waals surface area contributed by atoms with Gasteiger partial charge in [0.05, 0.1) is 20.8 Å². The van der Waals surface area contributed by atoms with E-state index in [1.54, 1.807) is 13.2 Å². The zero-order valence-corrected chi connectivity index (χ0v) is 21.9. The van der Waals surface area contributed by atoms with Crippen LogP contribution in [0.5, 0.6) is 17.5 Å². The highest BCUT2D eigenvalue weighted by molar-refractivity contribution is 5.92. The number of aromatic nitrogens is 1. The third kappa shape index (κ3) is 5.71. The van der Waals surface area contributed by atoms with Crippen molar-refractivity contribution in [3.63, 3.8) is 0 Å². The normalized spacial score (nSPS) is 18.4. The Morgan fingerprint density at radius 2 is 1.81 bits per heavy atom. The molecule has 3 aromatic rings. The summed E-state index contributed by atoms with van der Waals surface area (Å²) in [5, 5.41) is 4.94. The Labute approximate surface area is 216 Å². The summed E-state index contributed by atoms with van der Waals surface area (Å²) in [4.78, 5) is 32.3. The van der Waals surface area contributed by atoms with Crippen molar-refractivity contribution in [3.8, 4) is 17.5 Å². The van der Waals surface area contributed by atoms with E-state index in [-0.39, 0.29) is 18.9 Å². The first-order chi connectivity index (χ1) is 17.6. The van der Waals surface area contributed by atoms with Gasteiger partial charge in [0.15, 0.2) is 0 Å². The Bertz CT molecular complexity index is 1270. The van der Waals surface area contributed by atoms with Gasteiger partial charge < -0.3 is 30.2 Å². The lowest BCUT2D eigenvalue weighted by Crippen LogP contribution is -2.53. The highest BCUT2D eigenvalue weighted by atomic mass is 16.5. The number of pyridine rings is 1. The van der Waals surface area contributed by atoms with Crippen LogP contribution in [-0.2, 0) is 9.59 Å². The monoisotopic (exact) mass is 506 g/mol. The molecule has 1 aliphatic rings. The number of rotatable bonds is 8. The van der Waals surface area contributed by atoms with E-state index in [0.717, 1.165) is 16.5 Å². The van der Waals surface area contributed by atoms with E-state index in [1.807, 2.05) is 69.3 Å². The summed E-state index contributed by atoms with van der Waals surface area (Å²) >= 11 is 0. The van der Waals surface area contributed by atoms with Crippen LogP contribution in [0.4, 0.5) is 5.69 Å². The number of benzene rings is 2. The van der Waals surface area contributed by atoms with Gasteiger partial charge in [-0.3, -0.25) is 9.59 Å². The molecule has 0 bridgehead atoms. The average Bonchev–Trinajstić information content (AvgIpc) is 3.30. The number of fused-ring (bicyclic) bond motifs is 1. The van der Waals surface area contributed by atoms with Gasteiger partial charge in [-0.05, 0) is 41.1 Å². The summed E-state index contributed by atoms with van der Waals surface area (Å²) in [7, 11) is 3.13. The van der Waals surface area contributed by atoms with E-state index >= 15 is 0 Å². The van der Waals surface area contributed by atoms with Crippen LogP contribution in [0.2, 0.25) is 0 Å². The van der Waals surface area contributed by atoms with Gasteiger partial charge in [-0.25, -0.2) is 0 Å². The van der Waals surface area contributed by atoms with Gasteiger partial charge in [0.2, 0.25) is 23.6 Å². The molecule has 2 heterocycles. The molecule has 9 heteroatoms. The van der Waals surface area contributed by atoms with Crippen LogP contribution in [0, 0.1) is 5.41 Å². The van der Waals surface area contributed by atoms with Gasteiger partial charge in [-0.1, -0.05) is 39.0 Å². The molecule has 1 unspecified atom stereocenters. The molecular weight excluding hydrogens is 472 g/mol. The van der Waals surface area contributed by atoms with Crippen LogP contribution in [0.15, 0.2) is 54.6 Å². The standard InChI is InChI=1S/C28H34N4O5/c1-28(2,3)24(30-18-9-7-6-8-10-18)27(34)32-16-20(15-22(32)25(29)33)37-26-21-12-11-19(35-4)13-17(21)14-23(31-26)36-5/h6-14,20,22,24,30H,15-16H2,1-5H3,(H2,29,33)/t20-,22+,24?/m1/s1. The Hall–Kier alpha value is -4.01. The number of carbonyl (C=O) groups excluding carboxylic acids is 2. The van der Waals surface area contributed by atoms with Crippen LogP contribution in [0.25, 0.3) is 10.8 Å². The lowest BCUT2D eigenvalue weighted by atomic mass is 9.85. The summed E-state index contributed by atoms with van der Waals surface area (Å²) < 4.78 is 17.0. The van der Waals surface area contributed by atoms with Gasteiger partial charge >= 0.3 is 0 Å². The third-order valence-corrected chi connectivity index (χ3v) is 6.54. The first-order valence-corrected chi connectivity index (χ1v) is 12.2. The van der Waals surface area contributed by atoms with E-state index < -0.39 is 29.5 Å². The van der Waals surface area contributed by atoms with Crippen molar-refractivity contribution < 1.29 is 23.8 Å². The topological polar surface area (TPSA) is 116 Å². The number of amides is 2. The number of likely N-dealkylation sites (tertiary alicyclic amines) is 1. The number of ether oxygens (including phenoxy) is 3. The number of anilines is 1. The first-order valence-electron chi connectivity index (χ1n) is 12.2. The number of carbonyl (C=O) groups is 2. The summed E-state index contributed by atoms with van der Waals surface area (Å²) in [5.74, 6) is 0.652. The lowest BCUT2D eigenvalue weighted by Gasteiger charge is -2.35. The number of methoxy groups -OCH3 is 2. The van der Waals surface area contributed by atoms with E-state index in [2.05, 4.69) is 10.3 Å². The molecule has 0 aliphatic carbocycles. The fraction of sp³-hybridized carbons (Fsp3) is 0.393. The van der Waals surface area contributed by atoms with Crippen LogP contribution >= 0.6 is 0 Å². The molecule has 3 atom stereocenters. The number of hydrogen-bond acceptors (Lipinski definition) is 7. The van der Waals surface area contributed by atoms with Gasteiger partial charge in [-0.2, -0.15) is 4.98 Å². The zero-order chi connectivity index (χ0) is 26.7. The second-order valence-corrected chi connectivity index (χ2v) is 10.3. The van der Waals surface area contributed by atoms with Crippen LogP contribution < -0.4 is 25.3 Å². The molecule has 2 amide bonds. The summed E-state index contributed by atoms with van der Waals surface area (Å²) in [5.41, 5.74) is 6.14. The SMILES string of the molecule is COc1ccc2c(O[C@@H]3C[C@@H](C(N)=O)N(C(=O)C(Nc4ccccc4)C(C)(C)C)C3)nc(OC)cc2c1. The number of hydrogen-bond donors (Lipinski definition) is 2. The minimum absolute atomic E-state index is 0.200. The Morgan fingerprint density at radius 1 is 1.08 bits per heavy atom. The quantitative estimate of drug-likeness (QED) is 0.479. The molecule has 1 fully saturated rings. The number of nitrogens with one attached hydrogen (secondary N) is 1. The fourth-order valence-corrected chi connectivity index (χ4v) is 4.57. The highest BCUT2D eigenvalue weighted by Crippen LogP contribution is 2.34. The summed E-state index contributed by atoms with van der Waals surface area (Å²) in [6, 6.07) is 15.5. The van der Waals surface area contributed by atoms with Gasteiger partial charge in [-0.15, -0.1) is 0 Å². The largest absolute Gasteiger partial charge is 0.497 e. The molecule has 4 rings (SSSR count). The van der Waals surface area contributed by atoms with Crippen molar-refractivity contribution in [2.45, 2.75) is 45.4 Å². The molecule has 196 valence electrons. The van der Waals surface area contributed by atoms with Crippen molar-refractivity contribution in [3.05, 3.63) is 54.6 Å². The minimum Gasteiger partial charge on any atom is -0.497 e. The van der Waals surface area contributed by atoms with Crippen molar-refractivity contribution in [1.82, 2.24) is 9.88 Å². The van der Waals surface area contributed by atoms with E-state index in [0.29, 0.717) is 17.5 Å². The number of para-hydroxylation sites is 1. The second kappa shape index (κ2) is 10.5. The van der Waals surface area contributed by atoms with E-state index in [9.17, 15) is 9.59 Å². The molecule has 1 aromatic heterocycles. The number of primary amides is 1. The maximum absolute atomic E-state index is 13.8. The summed E-state index contributed by atoms with van der Waals surface area (Å²) in [6.07, 6.45) is -0.219. The molecule has 37 heavy (non-hydrogen) atoms. The Balaban J connectivity index is 1.61. The molecule has 0 spiro atoms. The fourth-order valence-electron chi connectivity index (χ4n) is 4.57. The average molecular weight is 507 g/mol. The Morgan fingerprint density at radius 3 is 2.43 bits per heavy atom. The molecule has 9 nitrogen and oxygen atoms in total. The van der Waals surface area contributed by atoms with Crippen LogP contribution in [0.1, 0.15) is 27.2 Å². The van der Waals surface area contributed by atoms with Gasteiger partial charge in [0.1, 0.15) is 23.9 Å².